The van der Waals surface area contributed by atoms with Gasteiger partial charge in [0.05, 0.1) is 6.54 Å². The molecule has 2 aromatic carbocycles. The van der Waals surface area contributed by atoms with Crippen LogP contribution in [-0.2, 0) is 13.1 Å². The van der Waals surface area contributed by atoms with Gasteiger partial charge in [-0.25, -0.2) is 0 Å². The van der Waals surface area contributed by atoms with E-state index in [1.54, 1.807) is 10.6 Å². The summed E-state index contributed by atoms with van der Waals surface area (Å²) in [6, 6.07) is 16.1. The standard InChI is InChI=1S/C24H26N2O2S/c1-5-18-6-8-20(9-7-18)15-26-17(4)22(29-24(26)28)23(27)25-14-19-10-12-21(13-11-19)16(2)3/h5-13,16H,1,14-15H2,2-4H3,(H,25,27). The fraction of sp³-hybridized carbons (Fsp3) is 0.250. The molecule has 0 saturated heterocycles. The number of aromatic nitrogens is 1. The van der Waals surface area contributed by atoms with Crippen LogP contribution in [-0.4, -0.2) is 10.5 Å². The van der Waals surface area contributed by atoms with Gasteiger partial charge in [0.25, 0.3) is 5.91 Å². The first-order valence-electron chi connectivity index (χ1n) is 9.67. The van der Waals surface area contributed by atoms with Crippen molar-refractivity contribution in [2.45, 2.75) is 39.8 Å². The molecule has 3 aromatic rings. The minimum absolute atomic E-state index is 0.123. The molecule has 3 rings (SSSR count). The first-order valence-corrected chi connectivity index (χ1v) is 10.5. The Morgan fingerprint density at radius 2 is 1.72 bits per heavy atom. The topological polar surface area (TPSA) is 51.1 Å². The van der Waals surface area contributed by atoms with Crippen LogP contribution in [0.4, 0.5) is 0 Å². The summed E-state index contributed by atoms with van der Waals surface area (Å²) in [6.45, 7) is 10.8. The van der Waals surface area contributed by atoms with Crippen LogP contribution in [0.2, 0.25) is 0 Å². The van der Waals surface area contributed by atoms with Crippen LogP contribution < -0.4 is 10.2 Å². The van der Waals surface area contributed by atoms with Crippen LogP contribution in [0.5, 0.6) is 0 Å². The second-order valence-electron chi connectivity index (χ2n) is 7.39. The van der Waals surface area contributed by atoms with Gasteiger partial charge in [0.1, 0.15) is 4.88 Å². The van der Waals surface area contributed by atoms with Crippen molar-refractivity contribution in [1.29, 1.82) is 0 Å². The van der Waals surface area contributed by atoms with Crippen molar-refractivity contribution >= 4 is 23.3 Å². The third kappa shape index (κ3) is 4.93. The first kappa shape index (κ1) is 20.8. The minimum Gasteiger partial charge on any atom is -0.347 e. The van der Waals surface area contributed by atoms with Gasteiger partial charge >= 0.3 is 4.87 Å². The van der Waals surface area contributed by atoms with Crippen LogP contribution in [0.3, 0.4) is 0 Å². The Morgan fingerprint density at radius 3 is 2.31 bits per heavy atom. The van der Waals surface area contributed by atoms with Crippen LogP contribution in [0.15, 0.2) is 59.9 Å². The van der Waals surface area contributed by atoms with Gasteiger partial charge in [0, 0.05) is 12.2 Å². The predicted molar refractivity (Wildman–Crippen MR) is 121 cm³/mol. The van der Waals surface area contributed by atoms with Crippen molar-refractivity contribution in [2.75, 3.05) is 0 Å². The molecule has 0 fully saturated rings. The number of nitrogens with zero attached hydrogens (tertiary/aromatic N) is 1. The van der Waals surface area contributed by atoms with Gasteiger partial charge in [-0.15, -0.1) is 0 Å². The Kier molecular flexibility index (Phi) is 6.49. The fourth-order valence-corrected chi connectivity index (χ4v) is 4.00. The van der Waals surface area contributed by atoms with E-state index in [2.05, 4.69) is 37.9 Å². The van der Waals surface area contributed by atoms with Crippen molar-refractivity contribution in [1.82, 2.24) is 9.88 Å². The maximum atomic E-state index is 12.7. The van der Waals surface area contributed by atoms with Crippen LogP contribution in [0, 0.1) is 6.92 Å². The molecule has 29 heavy (non-hydrogen) atoms. The summed E-state index contributed by atoms with van der Waals surface area (Å²) in [7, 11) is 0. The summed E-state index contributed by atoms with van der Waals surface area (Å²) < 4.78 is 1.65. The third-order valence-corrected chi connectivity index (χ3v) is 6.08. The van der Waals surface area contributed by atoms with E-state index in [4.69, 9.17) is 0 Å². The monoisotopic (exact) mass is 406 g/mol. The van der Waals surface area contributed by atoms with Crippen LogP contribution in [0.25, 0.3) is 6.08 Å². The first-order chi connectivity index (χ1) is 13.9. The number of rotatable bonds is 7. The van der Waals surface area contributed by atoms with Gasteiger partial charge in [-0.3, -0.25) is 14.2 Å². The highest BCUT2D eigenvalue weighted by atomic mass is 32.1. The molecule has 1 amide bonds. The normalized spacial score (nSPS) is 10.9. The Morgan fingerprint density at radius 1 is 1.10 bits per heavy atom. The number of hydrogen-bond donors (Lipinski definition) is 1. The third-order valence-electron chi connectivity index (χ3n) is 5.01. The minimum atomic E-state index is -0.210. The summed E-state index contributed by atoms with van der Waals surface area (Å²) in [5.74, 6) is 0.268. The van der Waals surface area contributed by atoms with E-state index in [0.29, 0.717) is 29.6 Å². The lowest BCUT2D eigenvalue weighted by atomic mass is 10.0. The SMILES string of the molecule is C=Cc1ccc(Cn2c(C)c(C(=O)NCc3ccc(C(C)C)cc3)sc2=O)cc1. The zero-order valence-electron chi connectivity index (χ0n) is 17.1. The zero-order valence-corrected chi connectivity index (χ0v) is 17.9. The number of hydrogen-bond acceptors (Lipinski definition) is 3. The molecule has 0 radical (unpaired) electrons. The van der Waals surface area contributed by atoms with Crippen LogP contribution in [0.1, 0.15) is 57.4 Å². The molecule has 0 unspecified atom stereocenters. The molecular formula is C24H26N2O2S. The maximum absolute atomic E-state index is 12.7. The lowest BCUT2D eigenvalue weighted by Gasteiger charge is -2.09. The molecule has 0 atom stereocenters. The van der Waals surface area contributed by atoms with Crippen molar-refractivity contribution < 1.29 is 4.79 Å². The lowest BCUT2D eigenvalue weighted by molar-refractivity contribution is 0.0954. The number of carbonyl (C=O) groups is 1. The Labute approximate surface area is 175 Å². The van der Waals surface area contributed by atoms with E-state index < -0.39 is 0 Å². The average molecular weight is 407 g/mol. The molecule has 1 aromatic heterocycles. The van der Waals surface area contributed by atoms with Gasteiger partial charge in [-0.05, 0) is 35.1 Å². The van der Waals surface area contributed by atoms with Crippen molar-refractivity contribution in [2.24, 2.45) is 0 Å². The van der Waals surface area contributed by atoms with E-state index in [1.807, 2.05) is 43.3 Å². The molecule has 150 valence electrons. The molecule has 0 bridgehead atoms. The highest BCUT2D eigenvalue weighted by Crippen LogP contribution is 2.16. The van der Waals surface area contributed by atoms with Crippen molar-refractivity contribution in [3.63, 3.8) is 0 Å². The zero-order chi connectivity index (χ0) is 21.0. The highest BCUT2D eigenvalue weighted by molar-refractivity contribution is 7.11. The molecule has 0 aliphatic rings. The number of amides is 1. The molecule has 1 heterocycles. The second kappa shape index (κ2) is 9.05. The number of nitrogens with one attached hydrogen (secondary N) is 1. The second-order valence-corrected chi connectivity index (χ2v) is 8.35. The molecule has 0 aliphatic heterocycles. The predicted octanol–water partition coefficient (Wildman–Crippen LogP) is 4.96. The Balaban J connectivity index is 1.70. The summed E-state index contributed by atoms with van der Waals surface area (Å²) in [5, 5.41) is 2.93. The summed E-state index contributed by atoms with van der Waals surface area (Å²) in [6.07, 6.45) is 1.78. The molecular weight excluding hydrogens is 380 g/mol. The summed E-state index contributed by atoms with van der Waals surface area (Å²) >= 11 is 0.997. The fourth-order valence-electron chi connectivity index (χ4n) is 3.09. The van der Waals surface area contributed by atoms with Crippen molar-refractivity contribution in [3.05, 3.63) is 97.6 Å². The summed E-state index contributed by atoms with van der Waals surface area (Å²) in [5.41, 5.74) is 5.04. The van der Waals surface area contributed by atoms with E-state index >= 15 is 0 Å². The Bertz CT molecular complexity index is 1060. The maximum Gasteiger partial charge on any atom is 0.308 e. The van der Waals surface area contributed by atoms with E-state index in [1.165, 1.54) is 5.56 Å². The Hall–Kier alpha value is -2.92. The average Bonchev–Trinajstić information content (AvgIpc) is 3.01. The molecule has 4 nitrogen and oxygen atoms in total. The van der Waals surface area contributed by atoms with E-state index in [-0.39, 0.29) is 10.8 Å². The summed E-state index contributed by atoms with van der Waals surface area (Å²) in [4.78, 5) is 25.5. The van der Waals surface area contributed by atoms with Crippen molar-refractivity contribution in [3.8, 4) is 0 Å². The van der Waals surface area contributed by atoms with Gasteiger partial charge in [0.2, 0.25) is 0 Å². The van der Waals surface area contributed by atoms with Gasteiger partial charge in [-0.2, -0.15) is 0 Å². The largest absolute Gasteiger partial charge is 0.347 e. The van der Waals surface area contributed by atoms with Gasteiger partial charge in [-0.1, -0.05) is 86.4 Å². The molecule has 5 heteroatoms. The number of carbonyl (C=O) groups excluding carboxylic acids is 1. The van der Waals surface area contributed by atoms with E-state index in [9.17, 15) is 9.59 Å². The van der Waals surface area contributed by atoms with Crippen LogP contribution >= 0.6 is 11.3 Å². The van der Waals surface area contributed by atoms with E-state index in [0.717, 1.165) is 28.0 Å². The highest BCUT2D eigenvalue weighted by Gasteiger charge is 2.17. The number of thiazole rings is 1. The molecule has 0 spiro atoms. The van der Waals surface area contributed by atoms with Gasteiger partial charge in [0.15, 0.2) is 0 Å². The van der Waals surface area contributed by atoms with Gasteiger partial charge < -0.3 is 5.32 Å². The smallest absolute Gasteiger partial charge is 0.308 e. The lowest BCUT2D eigenvalue weighted by Crippen LogP contribution is -2.23. The molecule has 1 N–H and O–H groups in total. The quantitative estimate of drug-likeness (QED) is 0.603. The number of benzene rings is 2. The molecule has 0 saturated carbocycles. The molecule has 0 aliphatic carbocycles.